The Hall–Kier alpha value is -1.85. The van der Waals surface area contributed by atoms with Gasteiger partial charge in [0.2, 0.25) is 0 Å². The number of carbonyl (C=O) groups excluding carboxylic acids is 2. The van der Waals surface area contributed by atoms with E-state index < -0.39 is 50.8 Å². The molecule has 308 valence electrons. The second kappa shape index (κ2) is 31.4. The second-order valence-electron chi connectivity index (χ2n) is 14.6. The summed E-state index contributed by atoms with van der Waals surface area (Å²) >= 11 is 0. The second-order valence-corrected chi connectivity index (χ2v) is 15.8. The number of esters is 2. The lowest BCUT2D eigenvalue weighted by Gasteiger charge is -2.21. The van der Waals surface area contributed by atoms with Crippen molar-refractivity contribution in [1.82, 2.24) is 0 Å². The first-order valence-corrected chi connectivity index (χ1v) is 22.1. The van der Waals surface area contributed by atoms with Gasteiger partial charge < -0.3 is 34.6 Å². The third-order valence-electron chi connectivity index (χ3n) is 9.73. The number of ether oxygens (including phenoxy) is 2. The number of aliphatic hydroxyl groups is 3. The number of phosphoric ester groups is 1. The van der Waals surface area contributed by atoms with Crippen molar-refractivity contribution in [3.8, 4) is 0 Å². The van der Waals surface area contributed by atoms with Gasteiger partial charge in [0, 0.05) is 25.2 Å². The van der Waals surface area contributed by atoms with Crippen LogP contribution in [-0.4, -0.2) is 74.7 Å². The lowest BCUT2D eigenvalue weighted by molar-refractivity contribution is -0.161. The molecule has 0 aromatic carbocycles. The van der Waals surface area contributed by atoms with Gasteiger partial charge in [-0.05, 0) is 63.7 Å². The van der Waals surface area contributed by atoms with Crippen LogP contribution in [0, 0.1) is 11.8 Å². The van der Waals surface area contributed by atoms with E-state index in [4.69, 9.17) is 19.3 Å². The first-order valence-electron chi connectivity index (χ1n) is 20.5. The molecule has 0 aliphatic heterocycles. The molecular weight excluding hydrogens is 699 g/mol. The Morgan fingerprint density at radius 2 is 1.32 bits per heavy atom. The summed E-state index contributed by atoms with van der Waals surface area (Å²) in [5.74, 6) is -1.32. The number of hydrogen-bond donors (Lipinski definition) is 5. The molecule has 0 heterocycles. The van der Waals surface area contributed by atoms with Gasteiger partial charge in [-0.3, -0.25) is 14.1 Å². The Labute approximate surface area is 319 Å². The van der Waals surface area contributed by atoms with Gasteiger partial charge in [0.15, 0.2) is 6.10 Å². The van der Waals surface area contributed by atoms with E-state index in [9.17, 15) is 29.5 Å². The number of phosphoric acid groups is 1. The summed E-state index contributed by atoms with van der Waals surface area (Å²) in [6, 6.07) is 0. The van der Waals surface area contributed by atoms with Crippen molar-refractivity contribution in [2.24, 2.45) is 11.8 Å². The fourth-order valence-electron chi connectivity index (χ4n) is 6.62. The normalized spacial score (nSPS) is 20.5. The van der Waals surface area contributed by atoms with Gasteiger partial charge in [-0.2, -0.15) is 0 Å². The van der Waals surface area contributed by atoms with Crippen molar-refractivity contribution in [2.75, 3.05) is 13.2 Å². The van der Waals surface area contributed by atoms with Gasteiger partial charge in [-0.25, -0.2) is 4.57 Å². The molecule has 6 atom stereocenters. The van der Waals surface area contributed by atoms with Gasteiger partial charge >= 0.3 is 19.8 Å². The van der Waals surface area contributed by atoms with Crippen molar-refractivity contribution in [3.63, 3.8) is 0 Å². The highest BCUT2D eigenvalue weighted by molar-refractivity contribution is 7.46. The van der Waals surface area contributed by atoms with Gasteiger partial charge in [0.1, 0.15) is 6.61 Å². The lowest BCUT2D eigenvalue weighted by Crippen LogP contribution is -2.29. The molecule has 0 amide bonds. The highest BCUT2D eigenvalue weighted by Gasteiger charge is 2.39. The molecule has 0 bridgehead atoms. The molecule has 0 unspecified atom stereocenters. The maximum absolute atomic E-state index is 12.4. The monoisotopic (exact) mass is 772 g/mol. The molecular formula is C41H73O11P. The summed E-state index contributed by atoms with van der Waals surface area (Å²) in [5, 5.41) is 31.2. The summed E-state index contributed by atoms with van der Waals surface area (Å²) in [5.41, 5.74) is 0. The van der Waals surface area contributed by atoms with Gasteiger partial charge in [-0.1, -0.05) is 121 Å². The Morgan fingerprint density at radius 1 is 0.736 bits per heavy atom. The Kier molecular flexibility index (Phi) is 29.1. The van der Waals surface area contributed by atoms with Gasteiger partial charge in [0.25, 0.3) is 0 Å². The average molecular weight is 773 g/mol. The van der Waals surface area contributed by atoms with Crippen molar-refractivity contribution in [2.45, 2.75) is 186 Å². The molecule has 0 aromatic rings. The highest BCUT2D eigenvalue weighted by atomic mass is 31.2. The van der Waals surface area contributed by atoms with E-state index in [0.29, 0.717) is 25.7 Å². The van der Waals surface area contributed by atoms with Gasteiger partial charge in [0.05, 0.1) is 24.9 Å². The maximum Gasteiger partial charge on any atom is 0.469 e. The van der Waals surface area contributed by atoms with Crippen LogP contribution < -0.4 is 0 Å². The standard InChI is InChI=1S/C41H73O11P/c1-3-5-7-8-9-10-11-12-13-14-15-16-17-18-24-28-41(46)52-35(33-51-53(47,48)49)32-50-40(45)27-23-20-19-22-26-36-37(39(44)31-38(36)43)30-29-34(42)25-21-6-4-2/h9-10,12-13,29-30,34-39,42-44H,3-8,11,14-28,31-33H2,1-2H3,(H2,47,48,49)/b10-9-,13-12-,30-29+/t34-,35+,36+,37+,38-,39+/m0/s1. The molecule has 1 aliphatic carbocycles. The minimum atomic E-state index is -4.81. The molecule has 0 saturated heterocycles. The Bertz CT molecular complexity index is 1070. The molecule has 5 N–H and O–H groups in total. The number of carbonyl (C=O) groups is 2. The van der Waals surface area contributed by atoms with Crippen LogP contribution in [0.1, 0.15) is 162 Å². The largest absolute Gasteiger partial charge is 0.469 e. The zero-order valence-electron chi connectivity index (χ0n) is 32.7. The van der Waals surface area contributed by atoms with E-state index in [1.165, 1.54) is 19.3 Å². The van der Waals surface area contributed by atoms with Crippen LogP contribution in [-0.2, 0) is 28.2 Å². The maximum atomic E-state index is 12.4. The fourth-order valence-corrected chi connectivity index (χ4v) is 6.98. The van der Waals surface area contributed by atoms with E-state index in [1.807, 2.05) is 6.08 Å². The van der Waals surface area contributed by atoms with E-state index in [2.05, 4.69) is 42.7 Å². The van der Waals surface area contributed by atoms with Crippen molar-refractivity contribution < 1.29 is 53.3 Å². The van der Waals surface area contributed by atoms with Crippen LogP contribution in [0.4, 0.5) is 0 Å². The number of rotatable bonds is 33. The van der Waals surface area contributed by atoms with E-state index in [0.717, 1.165) is 89.9 Å². The van der Waals surface area contributed by atoms with E-state index in [-0.39, 0.29) is 31.3 Å². The summed E-state index contributed by atoms with van der Waals surface area (Å²) < 4.78 is 26.4. The molecule has 11 nitrogen and oxygen atoms in total. The third kappa shape index (κ3) is 27.4. The van der Waals surface area contributed by atoms with Crippen LogP contribution in [0.25, 0.3) is 0 Å². The summed E-state index contributed by atoms with van der Waals surface area (Å²) in [7, 11) is -4.81. The average Bonchev–Trinajstić information content (AvgIpc) is 3.38. The quantitative estimate of drug-likeness (QED) is 0.0187. The molecule has 0 radical (unpaired) electrons. The smallest absolute Gasteiger partial charge is 0.462 e. The van der Waals surface area contributed by atoms with Gasteiger partial charge in [-0.15, -0.1) is 0 Å². The number of hydrogen-bond acceptors (Lipinski definition) is 9. The van der Waals surface area contributed by atoms with Crippen molar-refractivity contribution >= 4 is 19.8 Å². The summed E-state index contributed by atoms with van der Waals surface area (Å²) in [4.78, 5) is 43.0. The number of aliphatic hydroxyl groups excluding tert-OH is 3. The predicted molar refractivity (Wildman–Crippen MR) is 209 cm³/mol. The zero-order valence-corrected chi connectivity index (χ0v) is 33.6. The molecule has 1 fully saturated rings. The molecule has 1 aliphatic rings. The highest BCUT2D eigenvalue weighted by Crippen LogP contribution is 2.38. The summed E-state index contributed by atoms with van der Waals surface area (Å²) in [6.45, 7) is 3.36. The van der Waals surface area contributed by atoms with Crippen LogP contribution in [0.5, 0.6) is 0 Å². The third-order valence-corrected chi connectivity index (χ3v) is 10.2. The molecule has 0 aromatic heterocycles. The molecule has 53 heavy (non-hydrogen) atoms. The fraction of sp³-hybridized carbons (Fsp3) is 0.805. The Balaban J connectivity index is 2.28. The number of allylic oxidation sites excluding steroid dienone is 4. The zero-order chi connectivity index (χ0) is 39.2. The van der Waals surface area contributed by atoms with Crippen LogP contribution >= 0.6 is 7.82 Å². The molecule has 1 rings (SSSR count). The first-order chi connectivity index (χ1) is 25.5. The van der Waals surface area contributed by atoms with E-state index in [1.54, 1.807) is 6.08 Å². The van der Waals surface area contributed by atoms with Crippen molar-refractivity contribution in [3.05, 3.63) is 36.5 Å². The van der Waals surface area contributed by atoms with Crippen LogP contribution in [0.2, 0.25) is 0 Å². The Morgan fingerprint density at radius 3 is 1.98 bits per heavy atom. The van der Waals surface area contributed by atoms with Crippen molar-refractivity contribution in [1.29, 1.82) is 0 Å². The molecule has 12 heteroatoms. The minimum Gasteiger partial charge on any atom is -0.462 e. The first kappa shape index (κ1) is 49.2. The SMILES string of the molecule is CCCCC/C=C\C/C=C\CCCCCCCC(=O)O[C@H](COC(=O)CCCCCC[C@@H]1[C@@H](/C=C/[C@@H](O)CCCCC)[C@H](O)C[C@@H]1O)COP(=O)(O)O. The minimum absolute atomic E-state index is 0.0841. The predicted octanol–water partition coefficient (Wildman–Crippen LogP) is 8.56. The molecule has 1 saturated carbocycles. The molecule has 0 spiro atoms. The lowest BCUT2D eigenvalue weighted by atomic mass is 9.88. The topological polar surface area (TPSA) is 180 Å². The number of unbranched alkanes of at least 4 members (excludes halogenated alkanes) is 13. The van der Waals surface area contributed by atoms with Crippen LogP contribution in [0.3, 0.4) is 0 Å². The van der Waals surface area contributed by atoms with E-state index >= 15 is 0 Å². The summed E-state index contributed by atoms with van der Waals surface area (Å²) in [6.07, 6.45) is 29.3. The van der Waals surface area contributed by atoms with Crippen LogP contribution in [0.15, 0.2) is 36.5 Å².